The molecule has 1 fully saturated rings. The Morgan fingerprint density at radius 3 is 2.17 bits per heavy atom. The highest BCUT2D eigenvalue weighted by molar-refractivity contribution is 14.0. The minimum Gasteiger partial charge on any atom is -0.444 e. The number of nitrogens with zero attached hydrogens (tertiary/aromatic N) is 1. The summed E-state index contributed by atoms with van der Waals surface area (Å²) in [7, 11) is 0. The lowest BCUT2D eigenvalue weighted by Gasteiger charge is -2.27. The molecule has 4 N–H and O–H groups in total. The van der Waals surface area contributed by atoms with Gasteiger partial charge in [-0.15, -0.1) is 24.0 Å². The fourth-order valence-electron chi connectivity index (χ4n) is 2.58. The van der Waals surface area contributed by atoms with E-state index >= 15 is 0 Å². The van der Waals surface area contributed by atoms with Crippen molar-refractivity contribution in [2.75, 3.05) is 6.54 Å². The van der Waals surface area contributed by atoms with E-state index in [4.69, 9.17) is 10.5 Å². The number of nitrogens with one attached hydrogen (secondary N) is 2. The van der Waals surface area contributed by atoms with Crippen molar-refractivity contribution in [2.45, 2.75) is 90.3 Å². The number of aliphatic imine (C=N–C) groups is 1. The summed E-state index contributed by atoms with van der Waals surface area (Å²) in [5.41, 5.74) is 4.96. The number of hydrogen-bond donors (Lipinski definition) is 3. The van der Waals surface area contributed by atoms with E-state index in [2.05, 4.69) is 15.6 Å². The highest BCUT2D eigenvalue weighted by atomic mass is 127. The van der Waals surface area contributed by atoms with Crippen LogP contribution in [0.5, 0.6) is 0 Å². The molecular formula is C17H35IN4O2. The normalized spacial score (nSPS) is 17.5. The molecule has 0 unspecified atom stereocenters. The summed E-state index contributed by atoms with van der Waals surface area (Å²) < 4.78 is 5.27. The fourth-order valence-corrected chi connectivity index (χ4v) is 2.58. The maximum atomic E-state index is 11.8. The van der Waals surface area contributed by atoms with E-state index < -0.39 is 17.2 Å². The lowest BCUT2D eigenvalue weighted by molar-refractivity contribution is 0.0476. The van der Waals surface area contributed by atoms with Crippen LogP contribution in [0, 0.1) is 0 Å². The second-order valence-corrected chi connectivity index (χ2v) is 8.05. The van der Waals surface area contributed by atoms with Crippen LogP contribution in [0.1, 0.15) is 73.1 Å². The second-order valence-electron chi connectivity index (χ2n) is 8.05. The van der Waals surface area contributed by atoms with Crippen molar-refractivity contribution < 1.29 is 9.53 Å². The summed E-state index contributed by atoms with van der Waals surface area (Å²) >= 11 is 0. The first kappa shape index (κ1) is 23.3. The number of amides is 1. The first-order chi connectivity index (χ1) is 10.6. The Hall–Kier alpha value is -0.730. The van der Waals surface area contributed by atoms with Gasteiger partial charge in [-0.25, -0.2) is 4.79 Å². The van der Waals surface area contributed by atoms with Gasteiger partial charge in [-0.2, -0.15) is 0 Å². The molecule has 7 heteroatoms. The predicted molar refractivity (Wildman–Crippen MR) is 110 cm³/mol. The first-order valence-electron chi connectivity index (χ1n) is 8.65. The molecule has 0 saturated heterocycles. The van der Waals surface area contributed by atoms with E-state index in [0.717, 1.165) is 12.8 Å². The monoisotopic (exact) mass is 454 g/mol. The predicted octanol–water partition coefficient (Wildman–Crippen LogP) is 3.53. The zero-order valence-corrected chi connectivity index (χ0v) is 18.1. The van der Waals surface area contributed by atoms with Gasteiger partial charge in [0.2, 0.25) is 0 Å². The quantitative estimate of drug-likeness (QED) is 0.263. The Balaban J connectivity index is 0.00000529. The van der Waals surface area contributed by atoms with Crippen LogP contribution in [0.15, 0.2) is 4.99 Å². The van der Waals surface area contributed by atoms with Crippen LogP contribution in [-0.4, -0.2) is 35.8 Å². The van der Waals surface area contributed by atoms with Crippen molar-refractivity contribution in [3.8, 4) is 0 Å². The smallest absolute Gasteiger partial charge is 0.408 e. The molecule has 1 aliphatic carbocycles. The molecule has 0 aromatic carbocycles. The maximum Gasteiger partial charge on any atom is 0.408 e. The molecule has 0 radical (unpaired) electrons. The number of guanidine groups is 1. The van der Waals surface area contributed by atoms with Crippen molar-refractivity contribution >= 4 is 36.0 Å². The number of nitrogens with two attached hydrogens (primary N) is 1. The Kier molecular flexibility index (Phi) is 9.99. The van der Waals surface area contributed by atoms with Crippen molar-refractivity contribution in [1.82, 2.24) is 10.6 Å². The molecule has 1 rings (SSSR count). The van der Waals surface area contributed by atoms with Gasteiger partial charge in [0, 0.05) is 6.04 Å². The number of rotatable bonds is 4. The van der Waals surface area contributed by atoms with Gasteiger partial charge in [-0.1, -0.05) is 25.7 Å². The van der Waals surface area contributed by atoms with Crippen molar-refractivity contribution in [1.29, 1.82) is 0 Å². The third-order valence-electron chi connectivity index (χ3n) is 3.69. The van der Waals surface area contributed by atoms with E-state index in [-0.39, 0.29) is 24.0 Å². The van der Waals surface area contributed by atoms with Crippen LogP contribution < -0.4 is 16.4 Å². The van der Waals surface area contributed by atoms with E-state index in [1.165, 1.54) is 25.7 Å². The Morgan fingerprint density at radius 2 is 1.67 bits per heavy atom. The Bertz CT molecular complexity index is 411. The lowest BCUT2D eigenvalue weighted by Crippen LogP contribution is -2.49. The lowest BCUT2D eigenvalue weighted by atomic mass is 10.1. The molecule has 0 atom stereocenters. The maximum absolute atomic E-state index is 11.8. The van der Waals surface area contributed by atoms with E-state index in [1.54, 1.807) is 0 Å². The van der Waals surface area contributed by atoms with Crippen molar-refractivity contribution in [3.63, 3.8) is 0 Å². The number of alkyl carbamates (subject to hydrolysis) is 1. The molecular weight excluding hydrogens is 419 g/mol. The Labute approximate surface area is 163 Å². The molecule has 6 nitrogen and oxygen atoms in total. The van der Waals surface area contributed by atoms with Crippen LogP contribution in [0.2, 0.25) is 0 Å². The number of carbonyl (C=O) groups excluding carboxylic acids is 1. The van der Waals surface area contributed by atoms with Crippen LogP contribution in [0.4, 0.5) is 4.79 Å². The fraction of sp³-hybridized carbons (Fsp3) is 0.882. The summed E-state index contributed by atoms with van der Waals surface area (Å²) in [6.07, 6.45) is 6.97. The summed E-state index contributed by atoms with van der Waals surface area (Å²) in [6.45, 7) is 9.72. The van der Waals surface area contributed by atoms with E-state index in [0.29, 0.717) is 18.5 Å². The number of ether oxygens (including phenoxy) is 1. The summed E-state index contributed by atoms with van der Waals surface area (Å²) in [5, 5.41) is 6.14. The van der Waals surface area contributed by atoms with E-state index in [1.807, 2.05) is 34.6 Å². The van der Waals surface area contributed by atoms with Gasteiger partial charge < -0.3 is 21.1 Å². The molecule has 0 bridgehead atoms. The third kappa shape index (κ3) is 10.9. The van der Waals surface area contributed by atoms with Gasteiger partial charge >= 0.3 is 6.09 Å². The van der Waals surface area contributed by atoms with E-state index in [9.17, 15) is 4.79 Å². The van der Waals surface area contributed by atoms with Crippen LogP contribution in [-0.2, 0) is 4.74 Å². The van der Waals surface area contributed by atoms with Crippen molar-refractivity contribution in [2.24, 2.45) is 10.7 Å². The SMILES string of the molecule is CC(C)(CN=C(N)NC1CCCCCC1)NC(=O)OC(C)(C)C.I. The highest BCUT2D eigenvalue weighted by Gasteiger charge is 2.24. The molecule has 142 valence electrons. The molecule has 24 heavy (non-hydrogen) atoms. The summed E-state index contributed by atoms with van der Waals surface area (Å²) in [5.74, 6) is 0.455. The molecule has 1 amide bonds. The first-order valence-corrected chi connectivity index (χ1v) is 8.65. The number of carbonyl (C=O) groups is 1. The largest absolute Gasteiger partial charge is 0.444 e. The number of hydrogen-bond acceptors (Lipinski definition) is 3. The summed E-state index contributed by atoms with van der Waals surface area (Å²) in [6, 6.07) is 0.420. The van der Waals surface area contributed by atoms with Gasteiger partial charge in [-0.05, 0) is 47.5 Å². The highest BCUT2D eigenvalue weighted by Crippen LogP contribution is 2.17. The van der Waals surface area contributed by atoms with Gasteiger partial charge in [0.05, 0.1) is 12.1 Å². The average molecular weight is 454 g/mol. The van der Waals surface area contributed by atoms with Gasteiger partial charge in [-0.3, -0.25) is 4.99 Å². The molecule has 0 heterocycles. The van der Waals surface area contributed by atoms with Crippen LogP contribution in [0.25, 0.3) is 0 Å². The topological polar surface area (TPSA) is 88.7 Å². The second kappa shape index (κ2) is 10.3. The van der Waals surface area contributed by atoms with Gasteiger partial charge in [0.1, 0.15) is 5.60 Å². The zero-order chi connectivity index (χ0) is 17.5. The van der Waals surface area contributed by atoms with Crippen LogP contribution >= 0.6 is 24.0 Å². The minimum absolute atomic E-state index is 0. The molecule has 0 aromatic rings. The molecule has 1 aliphatic rings. The molecule has 0 spiro atoms. The Morgan fingerprint density at radius 1 is 1.12 bits per heavy atom. The molecule has 1 saturated carbocycles. The van der Waals surface area contributed by atoms with Gasteiger partial charge in [0.25, 0.3) is 0 Å². The minimum atomic E-state index is -0.516. The molecule has 0 aliphatic heterocycles. The molecule has 0 aromatic heterocycles. The average Bonchev–Trinajstić information content (AvgIpc) is 2.62. The summed E-state index contributed by atoms with van der Waals surface area (Å²) in [4.78, 5) is 16.2. The number of halogens is 1. The van der Waals surface area contributed by atoms with Crippen molar-refractivity contribution in [3.05, 3.63) is 0 Å². The standard InChI is InChI=1S/C17H34N4O2.HI/c1-16(2,3)23-15(22)21-17(4,5)12-19-14(18)20-13-10-8-6-7-9-11-13;/h13H,6-12H2,1-5H3,(H,21,22)(H3,18,19,20);1H. The van der Waals surface area contributed by atoms with Crippen LogP contribution in [0.3, 0.4) is 0 Å². The zero-order valence-electron chi connectivity index (χ0n) is 15.8. The van der Waals surface area contributed by atoms with Gasteiger partial charge in [0.15, 0.2) is 5.96 Å². The third-order valence-corrected chi connectivity index (χ3v) is 3.69.